The van der Waals surface area contributed by atoms with Crippen LogP contribution in [-0.2, 0) is 9.59 Å². The molecule has 3 atom stereocenters. The number of primary amides is 1. The molecule has 80 valence electrons. The van der Waals surface area contributed by atoms with E-state index in [2.05, 4.69) is 10.6 Å². The monoisotopic (exact) mass is 203 g/mol. The Hall–Kier alpha value is -1.17. The Morgan fingerprint density at radius 2 is 2.29 bits per heavy atom. The van der Waals surface area contributed by atoms with E-state index < -0.39 is 24.2 Å². The lowest BCUT2D eigenvalue weighted by atomic mass is 10.2. The fourth-order valence-electron chi connectivity index (χ4n) is 1.28. The highest BCUT2D eigenvalue weighted by Crippen LogP contribution is 2.09. The van der Waals surface area contributed by atoms with E-state index >= 15 is 0 Å². The lowest BCUT2D eigenvalue weighted by molar-refractivity contribution is -0.128. The molecule has 1 heterocycles. The van der Waals surface area contributed by atoms with Crippen molar-refractivity contribution in [1.29, 1.82) is 0 Å². The molecule has 1 aliphatic rings. The van der Waals surface area contributed by atoms with Gasteiger partial charge < -0.3 is 16.4 Å². The molecule has 0 aliphatic carbocycles. The first kappa shape index (κ1) is 10.9. The third kappa shape index (κ3) is 2.66. The maximum absolute atomic E-state index is 12.7. The summed E-state index contributed by atoms with van der Waals surface area (Å²) in [5.41, 5.74) is 4.96. The largest absolute Gasteiger partial charge is 0.368 e. The molecule has 0 aromatic carbocycles. The zero-order valence-electron chi connectivity index (χ0n) is 7.92. The molecule has 0 aromatic heterocycles. The second kappa shape index (κ2) is 4.36. The van der Waals surface area contributed by atoms with E-state index in [1.807, 2.05) is 0 Å². The number of amides is 2. The molecule has 0 radical (unpaired) electrons. The van der Waals surface area contributed by atoms with Gasteiger partial charge in [0, 0.05) is 13.0 Å². The Kier molecular flexibility index (Phi) is 3.40. The summed E-state index contributed by atoms with van der Waals surface area (Å²) in [4.78, 5) is 22.0. The quantitative estimate of drug-likeness (QED) is 0.531. The third-order valence-corrected chi connectivity index (χ3v) is 2.18. The van der Waals surface area contributed by atoms with E-state index in [-0.39, 0.29) is 18.9 Å². The van der Waals surface area contributed by atoms with Gasteiger partial charge in [-0.1, -0.05) is 0 Å². The number of halogens is 1. The van der Waals surface area contributed by atoms with Gasteiger partial charge in [0.15, 0.2) is 0 Å². The van der Waals surface area contributed by atoms with E-state index in [0.717, 1.165) is 0 Å². The fraction of sp³-hybridized carbons (Fsp3) is 0.750. The van der Waals surface area contributed by atoms with Crippen molar-refractivity contribution in [3.63, 3.8) is 0 Å². The van der Waals surface area contributed by atoms with Gasteiger partial charge in [-0.15, -0.1) is 0 Å². The summed E-state index contributed by atoms with van der Waals surface area (Å²) in [7, 11) is 0. The summed E-state index contributed by atoms with van der Waals surface area (Å²) < 4.78 is 12.7. The van der Waals surface area contributed by atoms with Crippen LogP contribution in [0, 0.1) is 0 Å². The number of nitrogens with two attached hydrogens (primary N) is 1. The van der Waals surface area contributed by atoms with Crippen LogP contribution in [-0.4, -0.2) is 36.6 Å². The SMILES string of the molecule is CC(NC(=O)[C@H]1C[C@H](F)CN1)C(N)=O. The summed E-state index contributed by atoms with van der Waals surface area (Å²) in [5, 5.41) is 5.11. The van der Waals surface area contributed by atoms with Gasteiger partial charge in [0.1, 0.15) is 12.2 Å². The van der Waals surface area contributed by atoms with Crippen molar-refractivity contribution < 1.29 is 14.0 Å². The van der Waals surface area contributed by atoms with Crippen LogP contribution in [0.25, 0.3) is 0 Å². The van der Waals surface area contributed by atoms with Crippen molar-refractivity contribution in [3.8, 4) is 0 Å². The van der Waals surface area contributed by atoms with E-state index in [0.29, 0.717) is 0 Å². The first-order chi connectivity index (χ1) is 6.50. The third-order valence-electron chi connectivity index (χ3n) is 2.18. The first-order valence-electron chi connectivity index (χ1n) is 4.48. The van der Waals surface area contributed by atoms with Crippen LogP contribution in [0.1, 0.15) is 13.3 Å². The summed E-state index contributed by atoms with van der Waals surface area (Å²) in [6.45, 7) is 1.67. The summed E-state index contributed by atoms with van der Waals surface area (Å²) in [6, 6.07) is -1.27. The molecule has 1 rings (SSSR count). The topological polar surface area (TPSA) is 84.2 Å². The van der Waals surface area contributed by atoms with Crippen LogP contribution < -0.4 is 16.4 Å². The van der Waals surface area contributed by atoms with Gasteiger partial charge in [0.25, 0.3) is 0 Å². The van der Waals surface area contributed by atoms with E-state index in [4.69, 9.17) is 5.73 Å². The molecule has 5 nitrogen and oxygen atoms in total. The van der Waals surface area contributed by atoms with Crippen molar-refractivity contribution in [2.75, 3.05) is 6.54 Å². The molecular formula is C8H14FN3O2. The van der Waals surface area contributed by atoms with Crippen molar-refractivity contribution in [2.45, 2.75) is 31.6 Å². The number of alkyl halides is 1. The van der Waals surface area contributed by atoms with Crippen LogP contribution in [0.15, 0.2) is 0 Å². The highest BCUT2D eigenvalue weighted by Gasteiger charge is 2.30. The molecular weight excluding hydrogens is 189 g/mol. The van der Waals surface area contributed by atoms with Gasteiger partial charge in [0.2, 0.25) is 11.8 Å². The van der Waals surface area contributed by atoms with Gasteiger partial charge in [0.05, 0.1) is 6.04 Å². The van der Waals surface area contributed by atoms with Gasteiger partial charge in [-0.25, -0.2) is 4.39 Å². The predicted octanol–water partition coefficient (Wildman–Crippen LogP) is -1.32. The molecule has 0 spiro atoms. The maximum Gasteiger partial charge on any atom is 0.239 e. The van der Waals surface area contributed by atoms with Crippen LogP contribution in [0.3, 0.4) is 0 Å². The number of carbonyl (C=O) groups excluding carboxylic acids is 2. The average Bonchev–Trinajstić information content (AvgIpc) is 2.51. The highest BCUT2D eigenvalue weighted by atomic mass is 19.1. The normalized spacial score (nSPS) is 28.4. The number of carbonyl (C=O) groups is 2. The zero-order valence-corrected chi connectivity index (χ0v) is 7.92. The molecule has 1 unspecified atom stereocenters. The Labute approximate surface area is 81.2 Å². The van der Waals surface area contributed by atoms with Crippen LogP contribution in [0.4, 0.5) is 4.39 Å². The molecule has 1 saturated heterocycles. The van der Waals surface area contributed by atoms with Gasteiger partial charge in [-0.2, -0.15) is 0 Å². The first-order valence-corrected chi connectivity index (χ1v) is 4.48. The second-order valence-electron chi connectivity index (χ2n) is 3.43. The summed E-state index contributed by atoms with van der Waals surface area (Å²) in [5.74, 6) is -0.982. The molecule has 14 heavy (non-hydrogen) atoms. The van der Waals surface area contributed by atoms with Crippen LogP contribution in [0.5, 0.6) is 0 Å². The Balaban J connectivity index is 2.39. The van der Waals surface area contributed by atoms with E-state index in [1.54, 1.807) is 0 Å². The predicted molar refractivity (Wildman–Crippen MR) is 48.1 cm³/mol. The molecule has 1 aliphatic heterocycles. The molecule has 2 amide bonds. The molecule has 1 fully saturated rings. The second-order valence-corrected chi connectivity index (χ2v) is 3.43. The van der Waals surface area contributed by atoms with Gasteiger partial charge in [-0.3, -0.25) is 9.59 Å². The lowest BCUT2D eigenvalue weighted by Crippen LogP contribution is -2.48. The number of rotatable bonds is 3. The Bertz CT molecular complexity index is 247. The van der Waals surface area contributed by atoms with Crippen molar-refractivity contribution in [1.82, 2.24) is 10.6 Å². The maximum atomic E-state index is 12.7. The molecule has 0 saturated carbocycles. The molecule has 0 bridgehead atoms. The number of nitrogens with one attached hydrogen (secondary N) is 2. The molecule has 0 aromatic rings. The van der Waals surface area contributed by atoms with Crippen molar-refractivity contribution in [3.05, 3.63) is 0 Å². The minimum Gasteiger partial charge on any atom is -0.368 e. The fourth-order valence-corrected chi connectivity index (χ4v) is 1.28. The summed E-state index contributed by atoms with van der Waals surface area (Å²) >= 11 is 0. The standard InChI is InChI=1S/C8H14FN3O2/c1-4(7(10)13)12-8(14)6-2-5(9)3-11-6/h4-6,11H,2-3H2,1H3,(H2,10,13)(H,12,14)/t4?,5-,6+/m0/s1. The van der Waals surface area contributed by atoms with Gasteiger partial charge in [-0.05, 0) is 6.92 Å². The lowest BCUT2D eigenvalue weighted by Gasteiger charge is -2.14. The molecule has 4 N–H and O–H groups in total. The minimum absolute atomic E-state index is 0.150. The zero-order chi connectivity index (χ0) is 10.7. The minimum atomic E-state index is -0.991. The van der Waals surface area contributed by atoms with Crippen molar-refractivity contribution in [2.24, 2.45) is 5.73 Å². The smallest absolute Gasteiger partial charge is 0.239 e. The number of hydrogen-bond acceptors (Lipinski definition) is 3. The van der Waals surface area contributed by atoms with Crippen LogP contribution >= 0.6 is 0 Å². The Morgan fingerprint density at radius 3 is 2.71 bits per heavy atom. The Morgan fingerprint density at radius 1 is 1.64 bits per heavy atom. The highest BCUT2D eigenvalue weighted by molar-refractivity contribution is 5.88. The van der Waals surface area contributed by atoms with E-state index in [9.17, 15) is 14.0 Å². The molecule has 6 heteroatoms. The van der Waals surface area contributed by atoms with Gasteiger partial charge >= 0.3 is 0 Å². The van der Waals surface area contributed by atoms with Crippen molar-refractivity contribution >= 4 is 11.8 Å². The summed E-state index contributed by atoms with van der Waals surface area (Å²) in [6.07, 6.45) is -0.841. The van der Waals surface area contributed by atoms with Crippen LogP contribution in [0.2, 0.25) is 0 Å². The number of hydrogen-bond donors (Lipinski definition) is 3. The van der Waals surface area contributed by atoms with E-state index in [1.165, 1.54) is 6.92 Å². The average molecular weight is 203 g/mol.